The van der Waals surface area contributed by atoms with E-state index >= 15 is 0 Å². The smallest absolute Gasteiger partial charge is 0.320 e. The van der Waals surface area contributed by atoms with E-state index in [2.05, 4.69) is 39.6 Å². The standard InChI is InChI=1S/C19H31N7O/c1-14(2)7-8-15-10-18(25(4)23-15)22-19(27)21-16-6-5-9-26(12-16)17-11-20-24(3)13-17/h10-11,13-14,16H,5-9,12H2,1-4H3,(H2,21,22,27)/t16-/m1/s1. The van der Waals surface area contributed by atoms with E-state index in [0.29, 0.717) is 5.92 Å². The van der Waals surface area contributed by atoms with Crippen molar-refractivity contribution in [1.82, 2.24) is 24.9 Å². The van der Waals surface area contributed by atoms with Gasteiger partial charge < -0.3 is 10.2 Å². The van der Waals surface area contributed by atoms with Gasteiger partial charge in [-0.1, -0.05) is 13.8 Å². The van der Waals surface area contributed by atoms with Crippen LogP contribution in [-0.2, 0) is 20.5 Å². The monoisotopic (exact) mass is 373 g/mol. The quantitative estimate of drug-likeness (QED) is 0.815. The topological polar surface area (TPSA) is 80.0 Å². The predicted molar refractivity (Wildman–Crippen MR) is 107 cm³/mol. The van der Waals surface area contributed by atoms with E-state index in [1.807, 2.05) is 32.6 Å². The highest BCUT2D eigenvalue weighted by Crippen LogP contribution is 2.19. The second-order valence-corrected chi connectivity index (χ2v) is 7.83. The molecule has 0 unspecified atom stereocenters. The Kier molecular flexibility index (Phi) is 6.03. The summed E-state index contributed by atoms with van der Waals surface area (Å²) in [5, 5.41) is 14.8. The first-order valence-electron chi connectivity index (χ1n) is 9.74. The summed E-state index contributed by atoms with van der Waals surface area (Å²) in [5.74, 6) is 1.37. The molecule has 0 saturated carbocycles. The first-order chi connectivity index (χ1) is 12.9. The third-order valence-electron chi connectivity index (χ3n) is 4.96. The highest BCUT2D eigenvalue weighted by molar-refractivity contribution is 5.88. The first kappa shape index (κ1) is 19.3. The van der Waals surface area contributed by atoms with Crippen LogP contribution >= 0.6 is 0 Å². The average molecular weight is 374 g/mol. The van der Waals surface area contributed by atoms with E-state index in [9.17, 15) is 4.79 Å². The van der Waals surface area contributed by atoms with Gasteiger partial charge >= 0.3 is 6.03 Å². The van der Waals surface area contributed by atoms with Crippen molar-refractivity contribution in [3.05, 3.63) is 24.2 Å². The number of carbonyl (C=O) groups is 1. The van der Waals surface area contributed by atoms with Gasteiger partial charge in [0.1, 0.15) is 5.82 Å². The Morgan fingerprint density at radius 1 is 1.37 bits per heavy atom. The number of nitrogens with one attached hydrogen (secondary N) is 2. The van der Waals surface area contributed by atoms with Crippen molar-refractivity contribution in [2.75, 3.05) is 23.3 Å². The minimum atomic E-state index is -0.175. The molecule has 2 aromatic rings. The van der Waals surface area contributed by atoms with Gasteiger partial charge in [-0.3, -0.25) is 14.7 Å². The fourth-order valence-electron chi connectivity index (χ4n) is 3.44. The van der Waals surface area contributed by atoms with Gasteiger partial charge in [-0.05, 0) is 31.6 Å². The molecule has 1 fully saturated rings. The molecule has 148 valence electrons. The van der Waals surface area contributed by atoms with Gasteiger partial charge in [-0.15, -0.1) is 0 Å². The lowest BCUT2D eigenvalue weighted by molar-refractivity contribution is 0.246. The molecule has 0 aliphatic carbocycles. The zero-order valence-corrected chi connectivity index (χ0v) is 16.8. The Morgan fingerprint density at radius 2 is 2.19 bits per heavy atom. The summed E-state index contributed by atoms with van der Waals surface area (Å²) in [4.78, 5) is 14.7. The van der Waals surface area contributed by atoms with Crippen LogP contribution in [0.15, 0.2) is 18.5 Å². The van der Waals surface area contributed by atoms with E-state index in [-0.39, 0.29) is 12.1 Å². The van der Waals surface area contributed by atoms with Crippen LogP contribution in [0.5, 0.6) is 0 Å². The highest BCUT2D eigenvalue weighted by Gasteiger charge is 2.22. The molecule has 0 spiro atoms. The first-order valence-corrected chi connectivity index (χ1v) is 9.74. The van der Waals surface area contributed by atoms with Crippen LogP contribution in [0.1, 0.15) is 38.8 Å². The van der Waals surface area contributed by atoms with Crippen molar-refractivity contribution in [3.63, 3.8) is 0 Å². The number of hydrogen-bond donors (Lipinski definition) is 2. The van der Waals surface area contributed by atoms with Crippen molar-refractivity contribution < 1.29 is 4.79 Å². The number of carbonyl (C=O) groups excluding carboxylic acids is 1. The summed E-state index contributed by atoms with van der Waals surface area (Å²) in [7, 11) is 3.78. The van der Waals surface area contributed by atoms with Crippen LogP contribution in [0.3, 0.4) is 0 Å². The molecular weight excluding hydrogens is 342 g/mol. The summed E-state index contributed by atoms with van der Waals surface area (Å²) >= 11 is 0. The number of urea groups is 1. The molecule has 1 aliphatic heterocycles. The molecule has 1 atom stereocenters. The lowest BCUT2D eigenvalue weighted by Crippen LogP contribution is -2.49. The van der Waals surface area contributed by atoms with Gasteiger partial charge in [0, 0.05) is 45.5 Å². The van der Waals surface area contributed by atoms with Crippen molar-refractivity contribution in [2.24, 2.45) is 20.0 Å². The molecule has 0 aromatic carbocycles. The molecule has 1 saturated heterocycles. The van der Waals surface area contributed by atoms with Gasteiger partial charge in [0.15, 0.2) is 0 Å². The second kappa shape index (κ2) is 8.45. The van der Waals surface area contributed by atoms with Crippen LogP contribution < -0.4 is 15.5 Å². The number of piperidine rings is 1. The van der Waals surface area contributed by atoms with Crippen LogP contribution in [0.4, 0.5) is 16.3 Å². The van der Waals surface area contributed by atoms with E-state index < -0.39 is 0 Å². The fraction of sp³-hybridized carbons (Fsp3) is 0.632. The van der Waals surface area contributed by atoms with Crippen molar-refractivity contribution in [2.45, 2.75) is 45.6 Å². The summed E-state index contributed by atoms with van der Waals surface area (Å²) in [6, 6.07) is 1.91. The Labute approximate surface area is 160 Å². The summed E-state index contributed by atoms with van der Waals surface area (Å²) in [6.45, 7) is 6.19. The zero-order valence-electron chi connectivity index (χ0n) is 16.8. The van der Waals surface area contributed by atoms with Crippen molar-refractivity contribution >= 4 is 17.5 Å². The van der Waals surface area contributed by atoms with E-state index in [4.69, 9.17) is 0 Å². The normalized spacial score (nSPS) is 17.4. The number of anilines is 2. The van der Waals surface area contributed by atoms with Crippen LogP contribution in [0.25, 0.3) is 0 Å². The minimum absolute atomic E-state index is 0.118. The molecule has 3 rings (SSSR count). The maximum atomic E-state index is 12.5. The molecule has 1 aliphatic rings. The molecule has 8 heteroatoms. The molecule has 3 heterocycles. The number of amides is 2. The maximum Gasteiger partial charge on any atom is 0.320 e. The third kappa shape index (κ3) is 5.24. The Bertz CT molecular complexity index is 764. The van der Waals surface area contributed by atoms with Crippen LogP contribution in [0.2, 0.25) is 0 Å². The molecule has 0 radical (unpaired) electrons. The molecule has 2 N–H and O–H groups in total. The fourth-order valence-corrected chi connectivity index (χ4v) is 3.44. The van der Waals surface area contributed by atoms with E-state index in [1.54, 1.807) is 9.36 Å². The van der Waals surface area contributed by atoms with Gasteiger partial charge in [0.2, 0.25) is 0 Å². The molecule has 27 heavy (non-hydrogen) atoms. The van der Waals surface area contributed by atoms with Gasteiger partial charge in [0.05, 0.1) is 17.6 Å². The van der Waals surface area contributed by atoms with Crippen LogP contribution in [0, 0.1) is 5.92 Å². The van der Waals surface area contributed by atoms with Crippen LogP contribution in [-0.4, -0.2) is 44.7 Å². The number of aryl methyl sites for hydroxylation is 3. The van der Waals surface area contributed by atoms with Gasteiger partial charge in [-0.2, -0.15) is 10.2 Å². The molecule has 8 nitrogen and oxygen atoms in total. The van der Waals surface area contributed by atoms with Crippen molar-refractivity contribution in [3.8, 4) is 0 Å². The number of rotatable bonds is 6. The number of hydrogen-bond acceptors (Lipinski definition) is 4. The average Bonchev–Trinajstić information content (AvgIpc) is 3.19. The summed E-state index contributed by atoms with van der Waals surface area (Å²) in [6.07, 6.45) is 7.93. The number of aromatic nitrogens is 4. The molecule has 0 bridgehead atoms. The molecule has 2 amide bonds. The van der Waals surface area contributed by atoms with E-state index in [0.717, 1.165) is 56.0 Å². The number of nitrogens with zero attached hydrogens (tertiary/aromatic N) is 5. The minimum Gasteiger partial charge on any atom is -0.367 e. The van der Waals surface area contributed by atoms with E-state index in [1.165, 1.54) is 0 Å². The zero-order chi connectivity index (χ0) is 19.4. The van der Waals surface area contributed by atoms with Gasteiger partial charge in [-0.25, -0.2) is 4.79 Å². The highest BCUT2D eigenvalue weighted by atomic mass is 16.2. The predicted octanol–water partition coefficient (Wildman–Crippen LogP) is 2.53. The summed E-state index contributed by atoms with van der Waals surface area (Å²) in [5.41, 5.74) is 2.12. The molecular formula is C19H31N7O. The lowest BCUT2D eigenvalue weighted by atomic mass is 10.1. The SMILES string of the molecule is CC(C)CCc1cc(NC(=O)N[C@@H]2CCCN(c3cnn(C)c3)C2)n(C)n1. The lowest BCUT2D eigenvalue weighted by Gasteiger charge is -2.33. The second-order valence-electron chi connectivity index (χ2n) is 7.83. The summed E-state index contributed by atoms with van der Waals surface area (Å²) < 4.78 is 3.54. The Hall–Kier alpha value is -2.51. The Morgan fingerprint density at radius 3 is 2.89 bits per heavy atom. The largest absolute Gasteiger partial charge is 0.367 e. The third-order valence-corrected chi connectivity index (χ3v) is 4.96. The molecule has 2 aromatic heterocycles. The van der Waals surface area contributed by atoms with Gasteiger partial charge in [0.25, 0.3) is 0 Å². The van der Waals surface area contributed by atoms with Crippen molar-refractivity contribution in [1.29, 1.82) is 0 Å². The Balaban J connectivity index is 1.53. The maximum absolute atomic E-state index is 12.5.